The number of amides is 4. The van der Waals surface area contributed by atoms with Gasteiger partial charge in [-0.3, -0.25) is 19.8 Å². The van der Waals surface area contributed by atoms with Crippen LogP contribution in [0.25, 0.3) is 0 Å². The molecule has 4 amide bonds. The smallest absolute Gasteiger partial charge is 0.322 e. The number of urea groups is 1. The van der Waals surface area contributed by atoms with Crippen molar-refractivity contribution < 1.29 is 18.8 Å². The summed E-state index contributed by atoms with van der Waals surface area (Å²) < 4.78 is 13.1. The normalized spacial score (nSPS) is 29.9. The molecule has 0 bridgehead atoms. The molecule has 1 aromatic rings. The van der Waals surface area contributed by atoms with E-state index in [1.807, 2.05) is 0 Å². The Balaban J connectivity index is 1.36. The zero-order valence-electron chi connectivity index (χ0n) is 15.7. The van der Waals surface area contributed by atoms with E-state index in [1.54, 1.807) is 12.1 Å². The van der Waals surface area contributed by atoms with Crippen LogP contribution in [0.5, 0.6) is 0 Å². The molecule has 7 nitrogen and oxygen atoms in total. The first-order valence-corrected chi connectivity index (χ1v) is 9.88. The Morgan fingerprint density at radius 1 is 1.21 bits per heavy atom. The number of carbonyl (C=O) groups is 3. The third-order valence-electron chi connectivity index (χ3n) is 6.28. The number of nitrogens with one attached hydrogen (secondary N) is 3. The molecule has 3 N–H and O–H groups in total. The lowest BCUT2D eigenvalue weighted by atomic mass is 9.87. The summed E-state index contributed by atoms with van der Waals surface area (Å²) in [6.45, 7) is 1.79. The van der Waals surface area contributed by atoms with Gasteiger partial charge in [0.1, 0.15) is 11.4 Å². The summed E-state index contributed by atoms with van der Waals surface area (Å²) in [5.41, 5.74) is 0.0922. The minimum Gasteiger partial charge on any atom is -0.354 e. The maximum Gasteiger partial charge on any atom is 0.322 e. The Kier molecular flexibility index (Phi) is 5.05. The molecule has 3 atom stereocenters. The first-order chi connectivity index (χ1) is 13.5. The average Bonchev–Trinajstić information content (AvgIpc) is 3.35. The highest BCUT2D eigenvalue weighted by Crippen LogP contribution is 2.37. The van der Waals surface area contributed by atoms with Gasteiger partial charge >= 0.3 is 6.03 Å². The van der Waals surface area contributed by atoms with Gasteiger partial charge < -0.3 is 10.6 Å². The van der Waals surface area contributed by atoms with Gasteiger partial charge in [-0.2, -0.15) is 0 Å². The summed E-state index contributed by atoms with van der Waals surface area (Å²) in [4.78, 5) is 38.8. The average molecular weight is 388 g/mol. The Morgan fingerprint density at radius 3 is 2.71 bits per heavy atom. The zero-order valence-corrected chi connectivity index (χ0v) is 15.7. The second kappa shape index (κ2) is 7.50. The van der Waals surface area contributed by atoms with Crippen molar-refractivity contribution in [2.24, 2.45) is 5.92 Å². The van der Waals surface area contributed by atoms with E-state index in [4.69, 9.17) is 0 Å². The first-order valence-electron chi connectivity index (χ1n) is 9.88. The third-order valence-corrected chi connectivity index (χ3v) is 6.28. The molecule has 1 aromatic carbocycles. The number of rotatable bonds is 5. The van der Waals surface area contributed by atoms with E-state index in [0.717, 1.165) is 37.8 Å². The zero-order chi connectivity index (χ0) is 19.7. The predicted octanol–water partition coefficient (Wildman–Crippen LogP) is 1.28. The molecule has 2 heterocycles. The largest absolute Gasteiger partial charge is 0.354 e. The van der Waals surface area contributed by atoms with Gasteiger partial charge in [0.05, 0.1) is 6.04 Å². The van der Waals surface area contributed by atoms with Gasteiger partial charge in [-0.25, -0.2) is 9.18 Å². The summed E-state index contributed by atoms with van der Waals surface area (Å²) in [5.74, 6) is -0.706. The van der Waals surface area contributed by atoms with Crippen LogP contribution in [0.2, 0.25) is 0 Å². The molecule has 4 rings (SSSR count). The molecule has 2 saturated heterocycles. The molecule has 1 saturated carbocycles. The Labute approximate surface area is 163 Å². The molecule has 1 spiro atoms. The van der Waals surface area contributed by atoms with Crippen molar-refractivity contribution in [2.45, 2.75) is 50.2 Å². The molecule has 0 aromatic heterocycles. The predicted molar refractivity (Wildman–Crippen MR) is 99.6 cm³/mol. The number of halogens is 1. The van der Waals surface area contributed by atoms with Crippen LogP contribution < -0.4 is 16.0 Å². The van der Waals surface area contributed by atoms with Crippen LogP contribution in [0.15, 0.2) is 24.3 Å². The highest BCUT2D eigenvalue weighted by molar-refractivity contribution is 6.07. The van der Waals surface area contributed by atoms with E-state index in [9.17, 15) is 18.8 Å². The van der Waals surface area contributed by atoms with E-state index in [2.05, 4.69) is 20.9 Å². The van der Waals surface area contributed by atoms with Crippen molar-refractivity contribution in [1.82, 2.24) is 20.9 Å². The summed E-state index contributed by atoms with van der Waals surface area (Å²) in [5, 5.41) is 8.11. The maximum absolute atomic E-state index is 13.1. The second-order valence-electron chi connectivity index (χ2n) is 7.97. The molecular formula is C20H25FN4O3. The van der Waals surface area contributed by atoms with Crippen LogP contribution >= 0.6 is 0 Å². The number of benzene rings is 1. The summed E-state index contributed by atoms with van der Waals surface area (Å²) in [7, 11) is 0. The molecular weight excluding hydrogens is 363 g/mol. The van der Waals surface area contributed by atoms with E-state index < -0.39 is 11.6 Å². The van der Waals surface area contributed by atoms with Gasteiger partial charge in [0.25, 0.3) is 5.91 Å². The standard InChI is InChI=1S/C20H25FN4O3/c21-15-7-5-13(6-8-15)12-25-10-2-4-16(25)17(26)22-11-14-3-1-9-20(14)18(27)23-19(28)24-20/h5-8,14,16H,1-4,9-12H2,(H,22,26)(H2,23,24,27,28)/t14-,16-,20-/m1/s1. The van der Waals surface area contributed by atoms with Crippen LogP contribution in [-0.2, 0) is 16.1 Å². The van der Waals surface area contributed by atoms with Crippen molar-refractivity contribution >= 4 is 17.8 Å². The molecule has 150 valence electrons. The minimum atomic E-state index is -0.881. The van der Waals surface area contributed by atoms with Crippen LogP contribution in [0.3, 0.4) is 0 Å². The van der Waals surface area contributed by atoms with Crippen LogP contribution in [0.1, 0.15) is 37.7 Å². The summed E-state index contributed by atoms with van der Waals surface area (Å²) >= 11 is 0. The quantitative estimate of drug-likeness (QED) is 0.663. The van der Waals surface area contributed by atoms with Gasteiger partial charge in [-0.1, -0.05) is 18.6 Å². The van der Waals surface area contributed by atoms with Crippen LogP contribution in [-0.4, -0.2) is 47.4 Å². The molecule has 2 aliphatic heterocycles. The molecule has 28 heavy (non-hydrogen) atoms. The van der Waals surface area contributed by atoms with Gasteiger partial charge in [0.2, 0.25) is 5.91 Å². The fraction of sp³-hybridized carbons (Fsp3) is 0.550. The second-order valence-corrected chi connectivity index (χ2v) is 7.97. The third kappa shape index (κ3) is 3.48. The number of likely N-dealkylation sites (tertiary alicyclic amines) is 1. The summed E-state index contributed by atoms with van der Waals surface area (Å²) in [6.07, 6.45) is 3.95. The minimum absolute atomic E-state index is 0.0496. The summed E-state index contributed by atoms with van der Waals surface area (Å²) in [6, 6.07) is 5.67. The lowest BCUT2D eigenvalue weighted by Gasteiger charge is -2.29. The number of carbonyl (C=O) groups excluding carboxylic acids is 3. The highest BCUT2D eigenvalue weighted by Gasteiger charge is 2.54. The Hall–Kier alpha value is -2.48. The van der Waals surface area contributed by atoms with Gasteiger partial charge in [0, 0.05) is 19.0 Å². The molecule has 0 radical (unpaired) electrons. The maximum atomic E-state index is 13.1. The SMILES string of the molecule is O=C1NC(=O)[C@]2(CCC[C@@H]2CNC(=O)[C@H]2CCCN2Cc2ccc(F)cc2)N1. The van der Waals surface area contributed by atoms with E-state index >= 15 is 0 Å². The number of nitrogens with zero attached hydrogens (tertiary/aromatic N) is 1. The van der Waals surface area contributed by atoms with Crippen molar-refractivity contribution in [3.8, 4) is 0 Å². The number of hydrogen-bond acceptors (Lipinski definition) is 4. The number of imide groups is 1. The van der Waals surface area contributed by atoms with Crippen molar-refractivity contribution in [2.75, 3.05) is 13.1 Å². The molecule has 3 aliphatic rings. The van der Waals surface area contributed by atoms with Crippen molar-refractivity contribution in [3.05, 3.63) is 35.6 Å². The molecule has 3 fully saturated rings. The van der Waals surface area contributed by atoms with E-state index in [-0.39, 0.29) is 29.6 Å². The molecule has 1 aliphatic carbocycles. The van der Waals surface area contributed by atoms with Gasteiger partial charge in [0.15, 0.2) is 0 Å². The lowest BCUT2D eigenvalue weighted by molar-refractivity contribution is -0.128. The van der Waals surface area contributed by atoms with Gasteiger partial charge in [-0.05, 0) is 49.9 Å². The Bertz CT molecular complexity index is 784. The molecule has 8 heteroatoms. The van der Waals surface area contributed by atoms with E-state index in [1.165, 1.54) is 12.1 Å². The Morgan fingerprint density at radius 2 is 2.00 bits per heavy atom. The fourth-order valence-corrected chi connectivity index (χ4v) is 4.80. The monoisotopic (exact) mass is 388 g/mol. The van der Waals surface area contributed by atoms with Crippen molar-refractivity contribution in [1.29, 1.82) is 0 Å². The topological polar surface area (TPSA) is 90.5 Å². The fourth-order valence-electron chi connectivity index (χ4n) is 4.80. The van der Waals surface area contributed by atoms with Crippen LogP contribution in [0, 0.1) is 11.7 Å². The lowest BCUT2D eigenvalue weighted by Crippen LogP contribution is -2.54. The van der Waals surface area contributed by atoms with Gasteiger partial charge in [-0.15, -0.1) is 0 Å². The number of hydrogen-bond donors (Lipinski definition) is 3. The first kappa shape index (κ1) is 18.9. The van der Waals surface area contributed by atoms with Crippen LogP contribution in [0.4, 0.5) is 9.18 Å². The van der Waals surface area contributed by atoms with E-state index in [0.29, 0.717) is 19.5 Å². The van der Waals surface area contributed by atoms with Crippen molar-refractivity contribution in [3.63, 3.8) is 0 Å². The molecule has 0 unspecified atom stereocenters. The highest BCUT2D eigenvalue weighted by atomic mass is 19.1.